The Labute approximate surface area is 113 Å². The van der Waals surface area contributed by atoms with Gasteiger partial charge in [-0.3, -0.25) is 4.79 Å². The van der Waals surface area contributed by atoms with Gasteiger partial charge >= 0.3 is 6.18 Å². The first-order valence-corrected chi connectivity index (χ1v) is 6.76. The van der Waals surface area contributed by atoms with Gasteiger partial charge in [0.05, 0.1) is 6.61 Å². The Morgan fingerprint density at radius 2 is 2.11 bits per heavy atom. The maximum absolute atomic E-state index is 12.9. The third-order valence-electron chi connectivity index (χ3n) is 2.70. The average molecular weight is 299 g/mol. The molecule has 0 saturated carbocycles. The first kappa shape index (κ1) is 16.3. The van der Waals surface area contributed by atoms with Crippen molar-refractivity contribution in [3.8, 4) is 0 Å². The SMILES string of the molecule is CCSC(C1=CC(C)(O)N(CCO)C1=O)C(F)(F)F. The predicted octanol–water partition coefficient (Wildman–Crippen LogP) is 1.14. The molecule has 1 amide bonds. The molecule has 19 heavy (non-hydrogen) atoms. The predicted molar refractivity (Wildman–Crippen MR) is 65.5 cm³/mol. The van der Waals surface area contributed by atoms with Crippen LogP contribution in [0, 0.1) is 0 Å². The Kier molecular flexibility index (Phi) is 4.91. The summed E-state index contributed by atoms with van der Waals surface area (Å²) < 4.78 is 38.8. The van der Waals surface area contributed by atoms with E-state index in [1.54, 1.807) is 6.92 Å². The van der Waals surface area contributed by atoms with E-state index in [2.05, 4.69) is 0 Å². The molecule has 0 radical (unpaired) electrons. The van der Waals surface area contributed by atoms with Gasteiger partial charge in [0.25, 0.3) is 5.91 Å². The van der Waals surface area contributed by atoms with E-state index in [-0.39, 0.29) is 12.3 Å². The Hall–Kier alpha value is -0.730. The normalized spacial score (nSPS) is 25.7. The fourth-order valence-electron chi connectivity index (χ4n) is 1.94. The summed E-state index contributed by atoms with van der Waals surface area (Å²) in [6, 6.07) is 0. The van der Waals surface area contributed by atoms with Gasteiger partial charge in [0.15, 0.2) is 5.72 Å². The van der Waals surface area contributed by atoms with Gasteiger partial charge < -0.3 is 15.1 Å². The number of carbonyl (C=O) groups excluding carboxylic acids is 1. The summed E-state index contributed by atoms with van der Waals surface area (Å²) in [5, 5.41) is 16.8. The van der Waals surface area contributed by atoms with Crippen LogP contribution >= 0.6 is 11.8 Å². The van der Waals surface area contributed by atoms with Gasteiger partial charge in [-0.2, -0.15) is 13.2 Å². The van der Waals surface area contributed by atoms with Crippen molar-refractivity contribution in [3.63, 3.8) is 0 Å². The summed E-state index contributed by atoms with van der Waals surface area (Å²) >= 11 is 0.591. The van der Waals surface area contributed by atoms with E-state index in [9.17, 15) is 23.1 Å². The number of rotatable bonds is 5. The highest BCUT2D eigenvalue weighted by molar-refractivity contribution is 8.00. The van der Waals surface area contributed by atoms with Gasteiger partial charge in [-0.15, -0.1) is 11.8 Å². The lowest BCUT2D eigenvalue weighted by Gasteiger charge is -2.29. The number of amides is 1. The molecule has 1 aliphatic heterocycles. The van der Waals surface area contributed by atoms with Crippen LogP contribution in [0.4, 0.5) is 13.2 Å². The molecule has 4 nitrogen and oxygen atoms in total. The van der Waals surface area contributed by atoms with Crippen molar-refractivity contribution in [2.75, 3.05) is 18.9 Å². The van der Waals surface area contributed by atoms with E-state index in [1.807, 2.05) is 0 Å². The summed E-state index contributed by atoms with van der Waals surface area (Å²) in [5.41, 5.74) is -2.27. The van der Waals surface area contributed by atoms with Gasteiger partial charge in [0, 0.05) is 12.1 Å². The standard InChI is InChI=1S/C11H16F3NO3S/c1-3-19-8(11(12,13)14)7-6-10(2,18)15(4-5-16)9(7)17/h6,8,16,18H,3-5H2,1-2H3. The minimum atomic E-state index is -4.56. The summed E-state index contributed by atoms with van der Waals surface area (Å²) in [4.78, 5) is 12.8. The zero-order valence-electron chi connectivity index (χ0n) is 10.6. The van der Waals surface area contributed by atoms with Crippen LogP contribution in [-0.4, -0.2) is 57.1 Å². The molecule has 2 N–H and O–H groups in total. The highest BCUT2D eigenvalue weighted by atomic mass is 32.2. The second-order valence-electron chi connectivity index (χ2n) is 4.25. The van der Waals surface area contributed by atoms with Crippen molar-refractivity contribution in [2.24, 2.45) is 0 Å². The zero-order valence-corrected chi connectivity index (χ0v) is 11.4. The topological polar surface area (TPSA) is 60.8 Å². The molecule has 2 atom stereocenters. The summed E-state index contributed by atoms with van der Waals surface area (Å²) in [6.07, 6.45) is -3.64. The number of carbonyl (C=O) groups is 1. The van der Waals surface area contributed by atoms with Crippen molar-refractivity contribution in [3.05, 3.63) is 11.6 Å². The van der Waals surface area contributed by atoms with Crippen LogP contribution in [0.25, 0.3) is 0 Å². The maximum atomic E-state index is 12.9. The number of hydrogen-bond acceptors (Lipinski definition) is 4. The van der Waals surface area contributed by atoms with Crippen LogP contribution in [-0.2, 0) is 4.79 Å². The first-order chi connectivity index (χ1) is 8.65. The highest BCUT2D eigenvalue weighted by Gasteiger charge is 2.50. The first-order valence-electron chi connectivity index (χ1n) is 5.71. The molecule has 0 aromatic heterocycles. The largest absolute Gasteiger partial charge is 0.404 e. The molecule has 2 unspecified atom stereocenters. The lowest BCUT2D eigenvalue weighted by Crippen LogP contribution is -2.46. The van der Waals surface area contributed by atoms with Crippen molar-refractivity contribution in [1.82, 2.24) is 4.90 Å². The van der Waals surface area contributed by atoms with E-state index >= 15 is 0 Å². The number of aliphatic hydroxyl groups excluding tert-OH is 1. The van der Waals surface area contributed by atoms with Crippen molar-refractivity contribution in [1.29, 1.82) is 0 Å². The van der Waals surface area contributed by atoms with Gasteiger partial charge in [0.1, 0.15) is 5.25 Å². The number of aliphatic hydroxyl groups is 2. The molecule has 1 rings (SSSR count). The zero-order chi connectivity index (χ0) is 14.8. The number of nitrogens with zero attached hydrogens (tertiary/aromatic N) is 1. The minimum Gasteiger partial charge on any atom is -0.395 e. The molecule has 1 aliphatic rings. The number of alkyl halides is 3. The van der Waals surface area contributed by atoms with Gasteiger partial charge in [-0.1, -0.05) is 6.92 Å². The fourth-order valence-corrected chi connectivity index (χ4v) is 2.81. The monoisotopic (exact) mass is 299 g/mol. The number of thioether (sulfide) groups is 1. The number of halogens is 3. The third kappa shape index (κ3) is 3.43. The fraction of sp³-hybridized carbons (Fsp3) is 0.727. The summed E-state index contributed by atoms with van der Waals surface area (Å²) in [6.45, 7) is 2.14. The smallest absolute Gasteiger partial charge is 0.395 e. The molecular formula is C11H16F3NO3S. The van der Waals surface area contributed by atoms with E-state index in [0.717, 1.165) is 11.0 Å². The third-order valence-corrected chi connectivity index (χ3v) is 3.89. The Bertz CT molecular complexity index is 382. The second kappa shape index (κ2) is 5.72. The Morgan fingerprint density at radius 1 is 1.53 bits per heavy atom. The van der Waals surface area contributed by atoms with Crippen LogP contribution in [0.2, 0.25) is 0 Å². The van der Waals surface area contributed by atoms with Gasteiger partial charge in [-0.05, 0) is 18.8 Å². The lowest BCUT2D eigenvalue weighted by atomic mass is 10.1. The summed E-state index contributed by atoms with van der Waals surface area (Å²) in [5.74, 6) is -0.695. The molecule has 0 fully saturated rings. The average Bonchev–Trinajstić information content (AvgIpc) is 2.48. The maximum Gasteiger partial charge on any atom is 0.404 e. The lowest BCUT2D eigenvalue weighted by molar-refractivity contribution is -0.144. The van der Waals surface area contributed by atoms with Crippen LogP contribution in [0.1, 0.15) is 13.8 Å². The molecule has 0 saturated heterocycles. The van der Waals surface area contributed by atoms with E-state index in [1.165, 1.54) is 6.92 Å². The molecule has 0 aromatic rings. The van der Waals surface area contributed by atoms with Crippen LogP contribution < -0.4 is 0 Å². The number of β-amino-alcohol motifs (C(OH)–C–C–N with tert-alkyl or cyclic N) is 1. The Morgan fingerprint density at radius 3 is 2.53 bits per heavy atom. The van der Waals surface area contributed by atoms with Gasteiger partial charge in [-0.25, -0.2) is 0 Å². The van der Waals surface area contributed by atoms with Crippen LogP contribution in [0.15, 0.2) is 11.6 Å². The minimum absolute atomic E-state index is 0.191. The van der Waals surface area contributed by atoms with E-state index < -0.39 is 35.2 Å². The van der Waals surface area contributed by atoms with Crippen molar-refractivity contribution in [2.45, 2.75) is 31.0 Å². The van der Waals surface area contributed by atoms with Crippen LogP contribution in [0.5, 0.6) is 0 Å². The second-order valence-corrected chi connectivity index (χ2v) is 5.63. The molecule has 0 aliphatic carbocycles. The molecule has 1 heterocycles. The quantitative estimate of drug-likeness (QED) is 0.799. The summed E-state index contributed by atoms with van der Waals surface area (Å²) in [7, 11) is 0. The molecule has 0 spiro atoms. The van der Waals surface area contributed by atoms with E-state index in [0.29, 0.717) is 11.8 Å². The molecule has 8 heteroatoms. The van der Waals surface area contributed by atoms with Crippen LogP contribution in [0.3, 0.4) is 0 Å². The number of hydrogen-bond donors (Lipinski definition) is 2. The Balaban J connectivity index is 3.09. The highest BCUT2D eigenvalue weighted by Crippen LogP contribution is 2.40. The van der Waals surface area contributed by atoms with E-state index in [4.69, 9.17) is 5.11 Å². The molecular weight excluding hydrogens is 283 g/mol. The molecule has 110 valence electrons. The molecule has 0 bridgehead atoms. The molecule has 0 aromatic carbocycles. The van der Waals surface area contributed by atoms with Crippen molar-refractivity contribution >= 4 is 17.7 Å². The van der Waals surface area contributed by atoms with Crippen molar-refractivity contribution < 1.29 is 28.2 Å². The van der Waals surface area contributed by atoms with Gasteiger partial charge in [0.2, 0.25) is 0 Å².